The van der Waals surface area contributed by atoms with Gasteiger partial charge in [-0.3, -0.25) is 0 Å². The summed E-state index contributed by atoms with van der Waals surface area (Å²) in [5, 5.41) is 3.42. The molecule has 0 bridgehead atoms. The zero-order valence-corrected chi connectivity index (χ0v) is 16.0. The van der Waals surface area contributed by atoms with Gasteiger partial charge in [0, 0.05) is 12.1 Å². The Labute approximate surface area is 158 Å². The number of ether oxygens (including phenoxy) is 1. The van der Waals surface area contributed by atoms with Crippen LogP contribution in [0.25, 0.3) is 5.57 Å². The Balaban J connectivity index is 2.06. The number of hydrogen-bond donors (Lipinski definition) is 1. The van der Waals surface area contributed by atoms with Crippen molar-refractivity contribution in [3.05, 3.63) is 65.5 Å². The number of nitrogens with one attached hydrogen (secondary N) is 1. The lowest BCUT2D eigenvalue weighted by Gasteiger charge is -2.27. The molecular formula is C21H25F3N2O. The van der Waals surface area contributed by atoms with Gasteiger partial charge >= 0.3 is 6.18 Å². The number of alkyl halides is 3. The highest BCUT2D eigenvalue weighted by Gasteiger charge is 2.32. The summed E-state index contributed by atoms with van der Waals surface area (Å²) in [7, 11) is 1.63. The smallest absolute Gasteiger partial charge is 0.433 e. The van der Waals surface area contributed by atoms with Gasteiger partial charge in [0.2, 0.25) is 0 Å². The predicted octanol–water partition coefficient (Wildman–Crippen LogP) is 5.12. The lowest BCUT2D eigenvalue weighted by atomic mass is 9.94. The molecule has 0 aliphatic carbocycles. The van der Waals surface area contributed by atoms with Crippen molar-refractivity contribution in [2.75, 3.05) is 13.7 Å². The van der Waals surface area contributed by atoms with E-state index in [4.69, 9.17) is 4.74 Å². The molecular weight excluding hydrogens is 353 g/mol. The number of aromatic nitrogens is 1. The van der Waals surface area contributed by atoms with Gasteiger partial charge in [0.15, 0.2) is 0 Å². The molecule has 1 N–H and O–H groups in total. The Morgan fingerprint density at radius 1 is 1.11 bits per heavy atom. The largest absolute Gasteiger partial charge is 0.497 e. The molecule has 0 aliphatic heterocycles. The molecule has 1 aromatic heterocycles. The van der Waals surface area contributed by atoms with Crippen molar-refractivity contribution in [1.82, 2.24) is 10.3 Å². The van der Waals surface area contributed by atoms with Crippen LogP contribution in [0.5, 0.6) is 5.75 Å². The Morgan fingerprint density at radius 3 is 2.33 bits per heavy atom. The van der Waals surface area contributed by atoms with E-state index in [1.54, 1.807) is 26.2 Å². The van der Waals surface area contributed by atoms with Crippen molar-refractivity contribution in [1.29, 1.82) is 0 Å². The number of allylic oxidation sites excluding steroid dienone is 1. The van der Waals surface area contributed by atoms with Gasteiger partial charge in [-0.15, -0.1) is 0 Å². The molecule has 1 aromatic carbocycles. The van der Waals surface area contributed by atoms with Crippen LogP contribution in [0.4, 0.5) is 13.2 Å². The molecule has 1 heterocycles. The Kier molecular flexibility index (Phi) is 6.65. The molecule has 0 atom stereocenters. The average Bonchev–Trinajstić information content (AvgIpc) is 2.62. The molecule has 27 heavy (non-hydrogen) atoms. The molecule has 0 unspecified atom stereocenters. The fourth-order valence-electron chi connectivity index (χ4n) is 2.76. The van der Waals surface area contributed by atoms with Crippen molar-refractivity contribution in [2.24, 2.45) is 0 Å². The first-order valence-electron chi connectivity index (χ1n) is 8.72. The van der Waals surface area contributed by atoms with Crippen LogP contribution in [-0.2, 0) is 12.6 Å². The molecule has 0 spiro atoms. The fraction of sp³-hybridized carbons (Fsp3) is 0.381. The Hall–Kier alpha value is -2.34. The van der Waals surface area contributed by atoms with Crippen LogP contribution in [0.3, 0.4) is 0 Å². The van der Waals surface area contributed by atoms with Gasteiger partial charge in [-0.05, 0) is 62.6 Å². The number of methoxy groups -OCH3 is 1. The molecule has 0 saturated heterocycles. The summed E-state index contributed by atoms with van der Waals surface area (Å²) < 4.78 is 43.9. The summed E-state index contributed by atoms with van der Waals surface area (Å²) in [6.07, 6.45) is -1.89. The van der Waals surface area contributed by atoms with Crippen LogP contribution in [0.2, 0.25) is 0 Å². The van der Waals surface area contributed by atoms with E-state index in [-0.39, 0.29) is 5.54 Å². The highest BCUT2D eigenvalue weighted by molar-refractivity contribution is 5.64. The van der Waals surface area contributed by atoms with Crippen LogP contribution >= 0.6 is 0 Å². The zero-order chi connectivity index (χ0) is 20.1. The second-order valence-electron chi connectivity index (χ2n) is 6.98. The standard InChI is InChI=1S/C21H25F3N2O/c1-5-16(18-7-6-8-19(26-18)21(22,23)24)14-25-20(2,3)13-15-9-11-17(27-4)12-10-15/h5-12,25H,13-14H2,1-4H3/b16-5-. The Bertz CT molecular complexity index is 781. The lowest BCUT2D eigenvalue weighted by molar-refractivity contribution is -0.141. The SMILES string of the molecule is C/C=C(/CNC(C)(C)Cc1ccc(OC)cc1)c1cccc(C(F)(F)F)n1. The van der Waals surface area contributed by atoms with E-state index < -0.39 is 11.9 Å². The second kappa shape index (κ2) is 8.57. The molecule has 2 aromatic rings. The number of nitrogens with zero attached hydrogens (tertiary/aromatic N) is 1. The molecule has 146 valence electrons. The van der Waals surface area contributed by atoms with Gasteiger partial charge in [-0.25, -0.2) is 4.98 Å². The fourth-order valence-corrected chi connectivity index (χ4v) is 2.76. The molecule has 0 fully saturated rings. The normalized spacial score (nSPS) is 12.9. The molecule has 3 nitrogen and oxygen atoms in total. The average molecular weight is 378 g/mol. The van der Waals surface area contributed by atoms with Crippen LogP contribution in [-0.4, -0.2) is 24.2 Å². The maximum Gasteiger partial charge on any atom is 0.433 e. The quantitative estimate of drug-likeness (QED) is 0.726. The third-order valence-electron chi connectivity index (χ3n) is 4.28. The summed E-state index contributed by atoms with van der Waals surface area (Å²) in [4.78, 5) is 3.77. The maximum absolute atomic E-state index is 12.9. The maximum atomic E-state index is 12.9. The van der Waals surface area contributed by atoms with E-state index in [0.717, 1.165) is 29.4 Å². The van der Waals surface area contributed by atoms with Gasteiger partial charge < -0.3 is 10.1 Å². The summed E-state index contributed by atoms with van der Waals surface area (Å²) >= 11 is 0. The van der Waals surface area contributed by atoms with Crippen molar-refractivity contribution in [3.8, 4) is 5.75 Å². The van der Waals surface area contributed by atoms with E-state index in [2.05, 4.69) is 24.1 Å². The monoisotopic (exact) mass is 378 g/mol. The van der Waals surface area contributed by atoms with Gasteiger partial charge in [-0.2, -0.15) is 13.2 Å². The summed E-state index contributed by atoms with van der Waals surface area (Å²) in [6.45, 7) is 6.34. The minimum Gasteiger partial charge on any atom is -0.497 e. The third kappa shape index (κ3) is 6.10. The number of pyridine rings is 1. The van der Waals surface area contributed by atoms with Gasteiger partial charge in [0.1, 0.15) is 11.4 Å². The highest BCUT2D eigenvalue weighted by atomic mass is 19.4. The van der Waals surface area contributed by atoms with Crippen molar-refractivity contribution in [3.63, 3.8) is 0 Å². The van der Waals surface area contributed by atoms with Crippen molar-refractivity contribution < 1.29 is 17.9 Å². The lowest BCUT2D eigenvalue weighted by Crippen LogP contribution is -2.42. The topological polar surface area (TPSA) is 34.1 Å². The van der Waals surface area contributed by atoms with Crippen LogP contribution < -0.4 is 10.1 Å². The van der Waals surface area contributed by atoms with Gasteiger partial charge in [-0.1, -0.05) is 24.3 Å². The predicted molar refractivity (Wildman–Crippen MR) is 102 cm³/mol. The minimum absolute atomic E-state index is 0.246. The molecule has 6 heteroatoms. The molecule has 0 radical (unpaired) electrons. The molecule has 0 aliphatic rings. The second-order valence-corrected chi connectivity index (χ2v) is 6.98. The number of rotatable bonds is 7. The first-order chi connectivity index (χ1) is 12.6. The van der Waals surface area contributed by atoms with E-state index >= 15 is 0 Å². The number of benzene rings is 1. The van der Waals surface area contributed by atoms with Crippen molar-refractivity contribution >= 4 is 5.57 Å². The van der Waals surface area contributed by atoms with E-state index in [0.29, 0.717) is 12.2 Å². The van der Waals surface area contributed by atoms with Gasteiger partial charge in [0.05, 0.1) is 12.8 Å². The van der Waals surface area contributed by atoms with Crippen LogP contribution in [0, 0.1) is 0 Å². The zero-order valence-electron chi connectivity index (χ0n) is 16.0. The van der Waals surface area contributed by atoms with Gasteiger partial charge in [0.25, 0.3) is 0 Å². The molecule has 0 amide bonds. The van der Waals surface area contributed by atoms with E-state index in [1.807, 2.05) is 24.3 Å². The summed E-state index contributed by atoms with van der Waals surface area (Å²) in [6, 6.07) is 11.8. The first-order valence-corrected chi connectivity index (χ1v) is 8.72. The summed E-state index contributed by atoms with van der Waals surface area (Å²) in [5.74, 6) is 0.802. The third-order valence-corrected chi connectivity index (χ3v) is 4.28. The number of halogens is 3. The van der Waals surface area contributed by atoms with E-state index in [1.165, 1.54) is 6.07 Å². The van der Waals surface area contributed by atoms with Crippen LogP contribution in [0.15, 0.2) is 48.5 Å². The highest BCUT2D eigenvalue weighted by Crippen LogP contribution is 2.28. The Morgan fingerprint density at radius 2 is 1.78 bits per heavy atom. The first kappa shape index (κ1) is 21.0. The molecule has 0 saturated carbocycles. The summed E-state index contributed by atoms with van der Waals surface area (Å²) in [5.41, 5.74) is 1.08. The molecule has 2 rings (SSSR count). The van der Waals surface area contributed by atoms with Crippen LogP contribution in [0.1, 0.15) is 37.7 Å². The number of hydrogen-bond acceptors (Lipinski definition) is 3. The minimum atomic E-state index is -4.45. The van der Waals surface area contributed by atoms with Crippen molar-refractivity contribution in [2.45, 2.75) is 38.9 Å². The van der Waals surface area contributed by atoms with E-state index in [9.17, 15) is 13.2 Å².